The van der Waals surface area contributed by atoms with Crippen LogP contribution in [0.1, 0.15) is 42.9 Å². The highest BCUT2D eigenvalue weighted by molar-refractivity contribution is 7.99. The fraction of sp³-hybridized carbons (Fsp3) is 0.0455. The van der Waals surface area contributed by atoms with Crippen molar-refractivity contribution in [3.8, 4) is 0 Å². The van der Waals surface area contributed by atoms with Crippen molar-refractivity contribution >= 4 is 41.4 Å². The van der Waals surface area contributed by atoms with Gasteiger partial charge in [-0.15, -0.1) is 0 Å². The van der Waals surface area contributed by atoms with E-state index in [-0.39, 0.29) is 0 Å². The van der Waals surface area contributed by atoms with Crippen LogP contribution in [0.3, 0.4) is 0 Å². The largest absolute Gasteiger partial charge is 0.428 e. The number of rotatable bonds is 4. The number of benzene rings is 3. The van der Waals surface area contributed by atoms with Crippen molar-refractivity contribution in [1.29, 1.82) is 0 Å². The molecule has 30 heavy (non-hydrogen) atoms. The predicted octanol–water partition coefficient (Wildman–Crippen LogP) is 4.46. The number of carbonyl (C=O) groups is 3. The van der Waals surface area contributed by atoms with E-state index in [1.165, 1.54) is 23.5 Å². The van der Waals surface area contributed by atoms with Crippen LogP contribution in [-0.2, 0) is 9.47 Å². The molecule has 5 rings (SSSR count). The molecule has 0 bridgehead atoms. The van der Waals surface area contributed by atoms with E-state index in [1.54, 1.807) is 30.3 Å². The SMILES string of the molecule is O=C1OC(=O)c2cc(Sc3ccc(Sc4ccc5c(c4)C(O)OC5=O)cc3)ccc21. The number of hydrogen-bond donors (Lipinski definition) is 1. The Kier molecular flexibility index (Phi) is 4.62. The maximum absolute atomic E-state index is 11.7. The minimum absolute atomic E-state index is 0.290. The molecule has 2 heterocycles. The van der Waals surface area contributed by atoms with Gasteiger partial charge in [0.25, 0.3) is 0 Å². The molecule has 8 heteroatoms. The van der Waals surface area contributed by atoms with Gasteiger partial charge in [-0.1, -0.05) is 23.5 Å². The summed E-state index contributed by atoms with van der Waals surface area (Å²) in [5.41, 5.74) is 1.45. The van der Waals surface area contributed by atoms with E-state index in [4.69, 9.17) is 4.74 Å². The summed E-state index contributed by atoms with van der Waals surface area (Å²) in [4.78, 5) is 38.5. The second kappa shape index (κ2) is 7.32. The van der Waals surface area contributed by atoms with E-state index in [0.29, 0.717) is 22.3 Å². The average Bonchev–Trinajstić information content (AvgIpc) is 3.18. The average molecular weight is 436 g/mol. The highest BCUT2D eigenvalue weighted by atomic mass is 32.2. The first-order valence-electron chi connectivity index (χ1n) is 8.87. The number of aliphatic hydroxyl groups excluding tert-OH is 1. The van der Waals surface area contributed by atoms with Crippen LogP contribution >= 0.6 is 23.5 Å². The van der Waals surface area contributed by atoms with Gasteiger partial charge in [0.15, 0.2) is 0 Å². The standard InChI is InChI=1S/C22H12O6S2/c23-19-15-7-5-13(9-17(15)21(25)27-19)29-11-1-2-12(4-3-11)30-14-6-8-16-18(10-14)22(26)28-20(16)24/h1-10,21,25H. The third-order valence-electron chi connectivity index (χ3n) is 4.64. The van der Waals surface area contributed by atoms with Crippen molar-refractivity contribution in [3.05, 3.63) is 82.9 Å². The Hall–Kier alpha value is -3.07. The molecule has 0 amide bonds. The molecule has 0 saturated carbocycles. The van der Waals surface area contributed by atoms with Gasteiger partial charge in [0, 0.05) is 25.1 Å². The molecule has 2 aliphatic heterocycles. The normalized spacial score (nSPS) is 16.8. The monoisotopic (exact) mass is 436 g/mol. The fourth-order valence-electron chi connectivity index (χ4n) is 3.20. The molecular formula is C22H12O6S2. The second-order valence-electron chi connectivity index (χ2n) is 6.57. The van der Waals surface area contributed by atoms with E-state index in [0.717, 1.165) is 19.6 Å². The van der Waals surface area contributed by atoms with E-state index >= 15 is 0 Å². The molecule has 0 saturated heterocycles. The van der Waals surface area contributed by atoms with Crippen molar-refractivity contribution in [3.63, 3.8) is 0 Å². The maximum atomic E-state index is 11.7. The zero-order valence-electron chi connectivity index (χ0n) is 15.2. The number of esters is 3. The zero-order valence-corrected chi connectivity index (χ0v) is 16.8. The molecule has 1 atom stereocenters. The molecular weight excluding hydrogens is 424 g/mol. The minimum Gasteiger partial charge on any atom is -0.428 e. The fourth-order valence-corrected chi connectivity index (χ4v) is 4.92. The van der Waals surface area contributed by atoms with E-state index < -0.39 is 24.2 Å². The number of aliphatic hydroxyl groups is 1. The third-order valence-corrected chi connectivity index (χ3v) is 6.63. The van der Waals surface area contributed by atoms with Gasteiger partial charge >= 0.3 is 17.9 Å². The Morgan fingerprint density at radius 1 is 0.633 bits per heavy atom. The summed E-state index contributed by atoms with van der Waals surface area (Å²) < 4.78 is 9.42. The van der Waals surface area contributed by atoms with Crippen LogP contribution in [0.5, 0.6) is 0 Å². The molecule has 3 aromatic carbocycles. The zero-order chi connectivity index (χ0) is 20.8. The molecule has 0 radical (unpaired) electrons. The van der Waals surface area contributed by atoms with E-state index in [1.807, 2.05) is 30.3 Å². The van der Waals surface area contributed by atoms with Crippen LogP contribution in [0.4, 0.5) is 0 Å². The predicted molar refractivity (Wildman–Crippen MR) is 108 cm³/mol. The first kappa shape index (κ1) is 18.9. The second-order valence-corrected chi connectivity index (χ2v) is 8.86. The van der Waals surface area contributed by atoms with Crippen molar-refractivity contribution in [2.75, 3.05) is 0 Å². The van der Waals surface area contributed by atoms with Crippen molar-refractivity contribution < 1.29 is 29.0 Å². The van der Waals surface area contributed by atoms with Crippen molar-refractivity contribution in [2.45, 2.75) is 25.9 Å². The Morgan fingerprint density at radius 3 is 1.83 bits per heavy atom. The molecule has 148 valence electrons. The quantitative estimate of drug-likeness (QED) is 0.474. The lowest BCUT2D eigenvalue weighted by atomic mass is 10.1. The summed E-state index contributed by atoms with van der Waals surface area (Å²) in [6.07, 6.45) is -1.22. The van der Waals surface area contributed by atoms with Gasteiger partial charge in [0.1, 0.15) is 0 Å². The molecule has 0 fully saturated rings. The van der Waals surface area contributed by atoms with Crippen LogP contribution in [0.2, 0.25) is 0 Å². The lowest BCUT2D eigenvalue weighted by Gasteiger charge is -2.07. The van der Waals surface area contributed by atoms with Gasteiger partial charge in [-0.25, -0.2) is 14.4 Å². The van der Waals surface area contributed by atoms with Gasteiger partial charge in [-0.05, 0) is 60.7 Å². The van der Waals surface area contributed by atoms with E-state index in [9.17, 15) is 19.5 Å². The van der Waals surface area contributed by atoms with Crippen molar-refractivity contribution in [2.24, 2.45) is 0 Å². The highest BCUT2D eigenvalue weighted by Gasteiger charge is 2.30. The summed E-state index contributed by atoms with van der Waals surface area (Å²) in [7, 11) is 0. The Morgan fingerprint density at radius 2 is 1.17 bits per heavy atom. The van der Waals surface area contributed by atoms with Gasteiger partial charge in [-0.2, -0.15) is 0 Å². The molecule has 0 spiro atoms. The smallest absolute Gasteiger partial charge is 0.346 e. The Balaban J connectivity index is 1.30. The van der Waals surface area contributed by atoms with Gasteiger partial charge < -0.3 is 14.6 Å². The Labute approximate surface area is 179 Å². The van der Waals surface area contributed by atoms with Crippen LogP contribution in [0.15, 0.2) is 80.2 Å². The summed E-state index contributed by atoms with van der Waals surface area (Å²) in [6, 6.07) is 18.1. The number of carbonyl (C=O) groups excluding carboxylic acids is 3. The number of hydrogen-bond acceptors (Lipinski definition) is 8. The van der Waals surface area contributed by atoms with Crippen LogP contribution in [0.25, 0.3) is 0 Å². The lowest BCUT2D eigenvalue weighted by Crippen LogP contribution is -1.96. The first-order valence-corrected chi connectivity index (χ1v) is 10.5. The van der Waals surface area contributed by atoms with Gasteiger partial charge in [0.05, 0.1) is 16.7 Å². The van der Waals surface area contributed by atoms with E-state index in [2.05, 4.69) is 4.74 Å². The molecule has 0 aliphatic carbocycles. The summed E-state index contributed by atoms with van der Waals surface area (Å²) in [5, 5.41) is 9.81. The summed E-state index contributed by atoms with van der Waals surface area (Å²) >= 11 is 2.98. The molecule has 3 aromatic rings. The van der Waals surface area contributed by atoms with Gasteiger partial charge in [0.2, 0.25) is 6.29 Å². The maximum Gasteiger partial charge on any atom is 0.346 e. The first-order chi connectivity index (χ1) is 14.5. The topological polar surface area (TPSA) is 89.9 Å². The van der Waals surface area contributed by atoms with Crippen LogP contribution < -0.4 is 0 Å². The molecule has 1 unspecified atom stereocenters. The lowest BCUT2D eigenvalue weighted by molar-refractivity contribution is -0.0548. The molecule has 0 aromatic heterocycles. The van der Waals surface area contributed by atoms with Crippen molar-refractivity contribution in [1.82, 2.24) is 0 Å². The summed E-state index contributed by atoms with van der Waals surface area (Å²) in [5.74, 6) is -1.74. The molecule has 2 aliphatic rings. The minimum atomic E-state index is -1.22. The Bertz CT molecular complexity index is 1220. The molecule has 1 N–H and O–H groups in total. The van der Waals surface area contributed by atoms with Gasteiger partial charge in [-0.3, -0.25) is 0 Å². The highest BCUT2D eigenvalue weighted by Crippen LogP contribution is 2.37. The molecule has 6 nitrogen and oxygen atoms in total. The number of cyclic esters (lactones) is 3. The number of fused-ring (bicyclic) bond motifs is 2. The third kappa shape index (κ3) is 3.39. The van der Waals surface area contributed by atoms with Crippen LogP contribution in [-0.4, -0.2) is 23.0 Å². The summed E-state index contributed by atoms with van der Waals surface area (Å²) in [6.45, 7) is 0. The van der Waals surface area contributed by atoms with Crippen LogP contribution in [0, 0.1) is 0 Å². The number of ether oxygens (including phenoxy) is 2.